The van der Waals surface area contributed by atoms with Crippen LogP contribution in [0.3, 0.4) is 0 Å². The second kappa shape index (κ2) is 7.77. The average Bonchev–Trinajstić information content (AvgIpc) is 2.54. The zero-order valence-corrected chi connectivity index (χ0v) is 14.1. The molecule has 1 aromatic rings. The quantitative estimate of drug-likeness (QED) is 0.693. The van der Waals surface area contributed by atoms with Gasteiger partial charge < -0.3 is 14.8 Å². The average molecular weight is 412 g/mol. The Kier molecular flexibility index (Phi) is 6.61. The van der Waals surface area contributed by atoms with E-state index in [1.165, 1.54) is 31.7 Å². The van der Waals surface area contributed by atoms with Crippen LogP contribution in [0.15, 0.2) is 12.1 Å². The highest BCUT2D eigenvalue weighted by molar-refractivity contribution is 6.32. The van der Waals surface area contributed by atoms with Gasteiger partial charge in [0.1, 0.15) is 11.5 Å². The van der Waals surface area contributed by atoms with E-state index in [4.69, 9.17) is 21.1 Å². The summed E-state index contributed by atoms with van der Waals surface area (Å²) in [5.41, 5.74) is 0.292. The Morgan fingerprint density at radius 1 is 1.04 bits per heavy atom. The van der Waals surface area contributed by atoms with E-state index < -0.39 is 30.5 Å². The van der Waals surface area contributed by atoms with Crippen LogP contribution in [0.5, 0.6) is 11.5 Å². The number of hydrogen-bond donors (Lipinski definition) is 1. The number of halogens is 8. The van der Waals surface area contributed by atoms with Crippen LogP contribution in [0.1, 0.15) is 5.56 Å². The number of alkyl halides is 7. The van der Waals surface area contributed by atoms with Crippen LogP contribution in [0.25, 0.3) is 0 Å². The Labute approximate surface area is 148 Å². The highest BCUT2D eigenvalue weighted by Gasteiger charge is 2.76. The Balaban J connectivity index is 2.87. The molecular weight excluding hydrogens is 399 g/mol. The van der Waals surface area contributed by atoms with Crippen molar-refractivity contribution in [1.29, 1.82) is 0 Å². The highest BCUT2D eigenvalue weighted by Crippen LogP contribution is 2.46. The predicted octanol–water partition coefficient (Wildman–Crippen LogP) is 3.85. The third kappa shape index (κ3) is 4.25. The number of rotatable bonds is 7. The van der Waals surface area contributed by atoms with Crippen LogP contribution in [0.4, 0.5) is 30.7 Å². The molecule has 0 radical (unpaired) electrons. The molecule has 0 aliphatic carbocycles. The molecule has 1 amide bonds. The zero-order chi connectivity index (χ0) is 20.3. The molecule has 0 saturated carbocycles. The minimum Gasteiger partial charge on any atom is -0.496 e. The molecule has 12 heteroatoms. The SMILES string of the molecule is COc1cc(CCNC(=O)C(F)(F)C(F)(F)C(F)(F)F)c(OC)cc1Cl. The minimum atomic E-state index is -6.58. The van der Waals surface area contributed by atoms with Crippen molar-refractivity contribution in [1.82, 2.24) is 5.32 Å². The standard InChI is InChI=1S/C14H13ClF7NO3/c1-25-9-6-8(15)10(26-2)5-7(9)3-4-23-11(24)12(16,17)13(18,19)14(20,21)22/h5-6H,3-4H2,1-2H3,(H,23,24). The van der Waals surface area contributed by atoms with Crippen LogP contribution in [-0.2, 0) is 11.2 Å². The molecule has 0 atom stereocenters. The Morgan fingerprint density at radius 3 is 2.04 bits per heavy atom. The Hall–Kier alpha value is -1.91. The van der Waals surface area contributed by atoms with Gasteiger partial charge in [-0.1, -0.05) is 11.6 Å². The van der Waals surface area contributed by atoms with Crippen molar-refractivity contribution in [3.63, 3.8) is 0 Å². The number of carbonyl (C=O) groups excluding carboxylic acids is 1. The molecule has 0 aromatic heterocycles. The van der Waals surface area contributed by atoms with Crippen molar-refractivity contribution in [3.8, 4) is 11.5 Å². The second-order valence-corrected chi connectivity index (χ2v) is 5.36. The van der Waals surface area contributed by atoms with Crippen molar-refractivity contribution in [2.45, 2.75) is 24.4 Å². The molecule has 0 heterocycles. The summed E-state index contributed by atoms with van der Waals surface area (Å²) in [7, 11) is 2.55. The van der Waals surface area contributed by atoms with Gasteiger partial charge in [-0.25, -0.2) is 0 Å². The molecule has 4 nitrogen and oxygen atoms in total. The third-order valence-corrected chi connectivity index (χ3v) is 3.57. The maximum absolute atomic E-state index is 13.2. The first kappa shape index (κ1) is 22.1. The smallest absolute Gasteiger partial charge is 0.460 e. The lowest BCUT2D eigenvalue weighted by Gasteiger charge is -2.27. The zero-order valence-electron chi connectivity index (χ0n) is 13.3. The maximum atomic E-state index is 13.2. The number of carbonyl (C=O) groups is 1. The summed E-state index contributed by atoms with van der Waals surface area (Å²) in [6.07, 6.45) is -6.81. The van der Waals surface area contributed by atoms with Gasteiger partial charge in [0.15, 0.2) is 0 Å². The summed E-state index contributed by atoms with van der Waals surface area (Å²) >= 11 is 5.85. The first-order valence-corrected chi connectivity index (χ1v) is 7.18. The van der Waals surface area contributed by atoms with Crippen LogP contribution < -0.4 is 14.8 Å². The molecule has 0 bridgehead atoms. The molecule has 0 aliphatic rings. The fourth-order valence-electron chi connectivity index (χ4n) is 1.86. The van der Waals surface area contributed by atoms with Gasteiger partial charge in [0.25, 0.3) is 5.91 Å². The van der Waals surface area contributed by atoms with Crippen molar-refractivity contribution in [2.75, 3.05) is 20.8 Å². The number of hydrogen-bond acceptors (Lipinski definition) is 3. The topological polar surface area (TPSA) is 47.6 Å². The van der Waals surface area contributed by atoms with E-state index in [0.29, 0.717) is 5.56 Å². The normalized spacial score (nSPS) is 12.7. The summed E-state index contributed by atoms with van der Waals surface area (Å²) < 4.78 is 98.0. The Morgan fingerprint density at radius 2 is 1.58 bits per heavy atom. The summed E-state index contributed by atoms with van der Waals surface area (Å²) in [6, 6.07) is 2.67. The predicted molar refractivity (Wildman–Crippen MR) is 77.2 cm³/mol. The van der Waals surface area contributed by atoms with Crippen LogP contribution >= 0.6 is 11.6 Å². The highest BCUT2D eigenvalue weighted by atomic mass is 35.5. The van der Waals surface area contributed by atoms with Gasteiger partial charge in [-0.3, -0.25) is 4.79 Å². The van der Waals surface area contributed by atoms with Crippen LogP contribution in [0.2, 0.25) is 5.02 Å². The monoisotopic (exact) mass is 411 g/mol. The summed E-state index contributed by atoms with van der Waals surface area (Å²) in [5.74, 6) is -14.9. The molecule has 0 fully saturated rings. The fourth-order valence-corrected chi connectivity index (χ4v) is 2.09. The summed E-state index contributed by atoms with van der Waals surface area (Å²) in [4.78, 5) is 11.2. The van der Waals surface area contributed by atoms with Gasteiger partial charge in [-0.2, -0.15) is 30.7 Å². The molecule has 26 heavy (non-hydrogen) atoms. The molecule has 0 unspecified atom stereocenters. The molecule has 1 rings (SSSR count). The van der Waals surface area contributed by atoms with Crippen LogP contribution in [-0.4, -0.2) is 44.7 Å². The maximum Gasteiger partial charge on any atom is 0.460 e. The van der Waals surface area contributed by atoms with E-state index in [1.54, 1.807) is 0 Å². The van der Waals surface area contributed by atoms with Gasteiger partial charge in [-0.15, -0.1) is 0 Å². The molecule has 0 spiro atoms. The van der Waals surface area contributed by atoms with Crippen molar-refractivity contribution < 1.29 is 45.0 Å². The van der Waals surface area contributed by atoms with Gasteiger partial charge >= 0.3 is 18.0 Å². The van der Waals surface area contributed by atoms with E-state index in [1.807, 2.05) is 0 Å². The lowest BCUT2D eigenvalue weighted by Crippen LogP contribution is -2.59. The first-order chi connectivity index (χ1) is 11.8. The van der Waals surface area contributed by atoms with Crippen molar-refractivity contribution in [3.05, 3.63) is 22.7 Å². The van der Waals surface area contributed by atoms with E-state index in [2.05, 4.69) is 0 Å². The van der Waals surface area contributed by atoms with E-state index in [9.17, 15) is 35.5 Å². The first-order valence-electron chi connectivity index (χ1n) is 6.80. The minimum absolute atomic E-state index is 0.161. The number of benzene rings is 1. The summed E-state index contributed by atoms with van der Waals surface area (Å²) in [5, 5.41) is 1.52. The van der Waals surface area contributed by atoms with Crippen molar-refractivity contribution >= 4 is 17.5 Å². The molecule has 1 aromatic carbocycles. The van der Waals surface area contributed by atoms with Gasteiger partial charge in [0.2, 0.25) is 0 Å². The molecular formula is C14H13ClF7NO3. The number of ether oxygens (including phenoxy) is 2. The van der Waals surface area contributed by atoms with Gasteiger partial charge in [0, 0.05) is 12.6 Å². The molecule has 148 valence electrons. The third-order valence-electron chi connectivity index (χ3n) is 3.27. The van der Waals surface area contributed by atoms with E-state index in [0.717, 1.165) is 0 Å². The fraction of sp³-hybridized carbons (Fsp3) is 0.500. The Bertz CT molecular complexity index is 665. The summed E-state index contributed by atoms with van der Waals surface area (Å²) in [6.45, 7) is -0.663. The number of methoxy groups -OCH3 is 2. The molecule has 1 N–H and O–H groups in total. The van der Waals surface area contributed by atoms with Crippen molar-refractivity contribution in [2.24, 2.45) is 0 Å². The molecule has 0 aliphatic heterocycles. The number of nitrogens with one attached hydrogen (secondary N) is 1. The lowest BCUT2D eigenvalue weighted by molar-refractivity contribution is -0.344. The van der Waals surface area contributed by atoms with E-state index >= 15 is 0 Å². The number of amides is 1. The largest absolute Gasteiger partial charge is 0.496 e. The molecule has 0 saturated heterocycles. The van der Waals surface area contributed by atoms with Gasteiger partial charge in [0.05, 0.1) is 19.2 Å². The van der Waals surface area contributed by atoms with Crippen LogP contribution in [0, 0.1) is 0 Å². The van der Waals surface area contributed by atoms with Gasteiger partial charge in [-0.05, 0) is 18.1 Å². The second-order valence-electron chi connectivity index (χ2n) is 4.95. The van der Waals surface area contributed by atoms with E-state index in [-0.39, 0.29) is 22.9 Å². The lowest BCUT2D eigenvalue weighted by atomic mass is 10.1.